The Hall–Kier alpha value is -2.34. The summed E-state index contributed by atoms with van der Waals surface area (Å²) in [5.41, 5.74) is 0.913. The van der Waals surface area contributed by atoms with Gasteiger partial charge in [0, 0.05) is 4.47 Å². The van der Waals surface area contributed by atoms with Crippen molar-refractivity contribution in [2.75, 3.05) is 13.2 Å². The Bertz CT molecular complexity index is 872. The van der Waals surface area contributed by atoms with E-state index in [1.54, 1.807) is 6.92 Å². The number of ether oxygens (including phenoxy) is 1. The minimum Gasteiger partial charge on any atom is -0.492 e. The first-order chi connectivity index (χ1) is 13.1. The Labute approximate surface area is 174 Å². The van der Waals surface area contributed by atoms with Crippen LogP contribution in [0.3, 0.4) is 0 Å². The summed E-state index contributed by atoms with van der Waals surface area (Å²) >= 11 is 3.37. The molecule has 1 fully saturated rings. The van der Waals surface area contributed by atoms with Gasteiger partial charge < -0.3 is 10.1 Å². The topological polar surface area (TPSA) is 58.6 Å². The first-order valence-corrected chi connectivity index (χ1v) is 10.0. The van der Waals surface area contributed by atoms with Crippen molar-refractivity contribution < 1.29 is 14.3 Å². The van der Waals surface area contributed by atoms with Gasteiger partial charge in [-0.2, -0.15) is 0 Å². The van der Waals surface area contributed by atoms with Crippen LogP contribution in [0, 0.1) is 0 Å². The molecule has 0 unspecified atom stereocenters. The van der Waals surface area contributed by atoms with E-state index in [2.05, 4.69) is 42.0 Å². The van der Waals surface area contributed by atoms with Crippen LogP contribution >= 0.6 is 15.9 Å². The zero-order chi connectivity index (χ0) is 20.5. The van der Waals surface area contributed by atoms with Gasteiger partial charge in [0.2, 0.25) is 0 Å². The predicted molar refractivity (Wildman–Crippen MR) is 112 cm³/mol. The average Bonchev–Trinajstić information content (AvgIpc) is 2.86. The molecule has 3 amide bonds. The summed E-state index contributed by atoms with van der Waals surface area (Å²) in [6.07, 6.45) is 0. The van der Waals surface area contributed by atoms with Crippen LogP contribution in [0.25, 0.3) is 0 Å². The molecule has 0 saturated carbocycles. The molecule has 0 bridgehead atoms. The van der Waals surface area contributed by atoms with Crippen LogP contribution in [0.5, 0.6) is 5.75 Å². The van der Waals surface area contributed by atoms with Gasteiger partial charge in [0.05, 0.1) is 6.54 Å². The predicted octanol–water partition coefficient (Wildman–Crippen LogP) is 4.59. The minimum atomic E-state index is -1.06. The third-order valence-corrected chi connectivity index (χ3v) is 5.53. The van der Waals surface area contributed by atoms with Gasteiger partial charge >= 0.3 is 6.03 Å². The summed E-state index contributed by atoms with van der Waals surface area (Å²) in [6.45, 7) is 8.59. The lowest BCUT2D eigenvalue weighted by atomic mass is 9.84. The molecular weight excluding hydrogens is 420 g/mol. The lowest BCUT2D eigenvalue weighted by molar-refractivity contribution is -0.131. The van der Waals surface area contributed by atoms with Gasteiger partial charge in [0.15, 0.2) is 0 Å². The number of nitrogens with zero attached hydrogens (tertiary/aromatic N) is 1. The van der Waals surface area contributed by atoms with Crippen molar-refractivity contribution in [3.8, 4) is 5.75 Å². The lowest BCUT2D eigenvalue weighted by Crippen LogP contribution is -2.41. The number of carbonyl (C=O) groups is 2. The molecule has 0 aliphatic carbocycles. The molecule has 0 aromatic heterocycles. The summed E-state index contributed by atoms with van der Waals surface area (Å²) in [7, 11) is 0. The number of nitrogens with one attached hydrogen (secondary N) is 1. The third kappa shape index (κ3) is 4.07. The largest absolute Gasteiger partial charge is 0.492 e. The fourth-order valence-electron chi connectivity index (χ4n) is 3.18. The molecule has 3 rings (SSSR count). The van der Waals surface area contributed by atoms with Gasteiger partial charge in [-0.25, -0.2) is 4.79 Å². The second kappa shape index (κ2) is 7.59. The van der Waals surface area contributed by atoms with Crippen LogP contribution in [-0.2, 0) is 15.7 Å². The number of urea groups is 1. The Kier molecular flexibility index (Phi) is 5.53. The maximum atomic E-state index is 13.0. The van der Waals surface area contributed by atoms with Crippen molar-refractivity contribution in [3.63, 3.8) is 0 Å². The van der Waals surface area contributed by atoms with Crippen LogP contribution < -0.4 is 10.1 Å². The van der Waals surface area contributed by atoms with Gasteiger partial charge in [-0.1, -0.05) is 61.0 Å². The molecule has 2 aromatic rings. The van der Waals surface area contributed by atoms with E-state index in [1.165, 1.54) is 10.5 Å². The van der Waals surface area contributed by atoms with E-state index in [0.717, 1.165) is 10.0 Å². The molecule has 1 N–H and O–H groups in total. The van der Waals surface area contributed by atoms with Crippen molar-refractivity contribution in [2.24, 2.45) is 0 Å². The van der Waals surface area contributed by atoms with Gasteiger partial charge in [-0.3, -0.25) is 9.69 Å². The summed E-state index contributed by atoms with van der Waals surface area (Å²) in [5.74, 6) is 0.427. The fraction of sp³-hybridized carbons (Fsp3) is 0.364. The van der Waals surface area contributed by atoms with Gasteiger partial charge in [-0.15, -0.1) is 0 Å². The molecule has 1 atom stereocenters. The van der Waals surface area contributed by atoms with Gasteiger partial charge in [0.25, 0.3) is 5.91 Å². The SMILES string of the molecule is CC(C)(C)c1ccc([C@@]2(C)NC(=O)N(CCOc3ccc(Br)cc3)C2=O)cc1. The van der Waals surface area contributed by atoms with Crippen molar-refractivity contribution in [1.82, 2.24) is 10.2 Å². The molecule has 0 radical (unpaired) electrons. The van der Waals surface area contributed by atoms with E-state index in [0.29, 0.717) is 5.75 Å². The maximum absolute atomic E-state index is 13.0. The van der Waals surface area contributed by atoms with E-state index in [-0.39, 0.29) is 24.5 Å². The molecule has 1 heterocycles. The Morgan fingerprint density at radius 2 is 1.64 bits per heavy atom. The normalized spacial score (nSPS) is 19.7. The second-order valence-corrected chi connectivity index (χ2v) is 9.06. The first kappa shape index (κ1) is 20.4. The quantitative estimate of drug-likeness (QED) is 0.685. The zero-order valence-electron chi connectivity index (χ0n) is 16.6. The van der Waals surface area contributed by atoms with Crippen LogP contribution in [0.15, 0.2) is 53.0 Å². The molecule has 28 heavy (non-hydrogen) atoms. The Morgan fingerprint density at radius 1 is 1.04 bits per heavy atom. The van der Waals surface area contributed by atoms with Crippen LogP contribution in [0.2, 0.25) is 0 Å². The zero-order valence-corrected chi connectivity index (χ0v) is 18.2. The number of rotatable bonds is 5. The summed E-state index contributed by atoms with van der Waals surface area (Å²) in [4.78, 5) is 26.6. The lowest BCUT2D eigenvalue weighted by Gasteiger charge is -2.24. The molecule has 1 aliphatic heterocycles. The summed E-state index contributed by atoms with van der Waals surface area (Å²) in [5, 5.41) is 2.84. The van der Waals surface area contributed by atoms with Gasteiger partial charge in [0.1, 0.15) is 17.9 Å². The van der Waals surface area contributed by atoms with E-state index < -0.39 is 11.6 Å². The van der Waals surface area contributed by atoms with E-state index >= 15 is 0 Å². The smallest absolute Gasteiger partial charge is 0.325 e. The van der Waals surface area contributed by atoms with Crippen molar-refractivity contribution in [1.29, 1.82) is 0 Å². The number of amides is 3. The highest BCUT2D eigenvalue weighted by atomic mass is 79.9. The first-order valence-electron chi connectivity index (χ1n) is 9.25. The molecular formula is C22H25BrN2O3. The summed E-state index contributed by atoms with van der Waals surface area (Å²) in [6, 6.07) is 14.9. The molecule has 1 saturated heterocycles. The van der Waals surface area contributed by atoms with Gasteiger partial charge in [-0.05, 0) is 47.7 Å². The average molecular weight is 445 g/mol. The number of imide groups is 1. The van der Waals surface area contributed by atoms with Crippen LogP contribution in [0.1, 0.15) is 38.8 Å². The second-order valence-electron chi connectivity index (χ2n) is 8.14. The van der Waals surface area contributed by atoms with E-state index in [9.17, 15) is 9.59 Å². The molecule has 5 nitrogen and oxygen atoms in total. The maximum Gasteiger partial charge on any atom is 0.325 e. The highest BCUT2D eigenvalue weighted by Gasteiger charge is 2.48. The fourth-order valence-corrected chi connectivity index (χ4v) is 3.45. The van der Waals surface area contributed by atoms with Crippen molar-refractivity contribution in [3.05, 3.63) is 64.1 Å². The summed E-state index contributed by atoms with van der Waals surface area (Å²) < 4.78 is 6.61. The van der Waals surface area contributed by atoms with Crippen molar-refractivity contribution in [2.45, 2.75) is 38.6 Å². The minimum absolute atomic E-state index is 0.0266. The molecule has 6 heteroatoms. The van der Waals surface area contributed by atoms with E-state index in [4.69, 9.17) is 4.74 Å². The van der Waals surface area contributed by atoms with Crippen molar-refractivity contribution >= 4 is 27.9 Å². The number of hydrogen-bond donors (Lipinski definition) is 1. The molecule has 0 spiro atoms. The molecule has 148 valence electrons. The number of halogens is 1. The van der Waals surface area contributed by atoms with E-state index in [1.807, 2.05) is 48.5 Å². The van der Waals surface area contributed by atoms with Crippen LogP contribution in [0.4, 0.5) is 4.79 Å². The van der Waals surface area contributed by atoms with Crippen LogP contribution in [-0.4, -0.2) is 30.0 Å². The Balaban J connectivity index is 1.68. The highest BCUT2D eigenvalue weighted by Crippen LogP contribution is 2.31. The Morgan fingerprint density at radius 3 is 2.21 bits per heavy atom. The highest BCUT2D eigenvalue weighted by molar-refractivity contribution is 9.10. The standard InChI is InChI=1S/C22H25BrN2O3/c1-21(2,3)15-5-7-16(8-6-15)22(4)19(26)25(20(27)24-22)13-14-28-18-11-9-17(23)10-12-18/h5-12H,13-14H2,1-4H3,(H,24,27)/t22-/m1/s1. The molecule has 2 aromatic carbocycles. The number of hydrogen-bond acceptors (Lipinski definition) is 3. The monoisotopic (exact) mass is 444 g/mol. The third-order valence-electron chi connectivity index (χ3n) is 5.00. The molecule has 1 aliphatic rings. The number of carbonyl (C=O) groups excluding carboxylic acids is 2. The number of benzene rings is 2.